The molecule has 1 atom stereocenters. The van der Waals surface area contributed by atoms with Gasteiger partial charge in [0.25, 0.3) is 0 Å². The molecule has 10 heavy (non-hydrogen) atoms. The lowest BCUT2D eigenvalue weighted by atomic mass is 10.1. The maximum atomic E-state index is 12.6. The highest BCUT2D eigenvalue weighted by atomic mass is 19.1. The van der Waals surface area contributed by atoms with E-state index < -0.39 is 0 Å². The van der Waals surface area contributed by atoms with Gasteiger partial charge in [0, 0.05) is 11.8 Å². The molecular formula is C8H8FN. The second kappa shape index (κ2) is 1.57. The Kier molecular flexibility index (Phi) is 0.914. The molecule has 1 heterocycles. The predicted octanol–water partition coefficient (Wildman–Crippen LogP) is 2.01. The highest BCUT2D eigenvalue weighted by Gasteiger charge is 2.40. The molecule has 0 radical (unpaired) electrons. The zero-order valence-electron chi connectivity index (χ0n) is 5.98. The van der Waals surface area contributed by atoms with Gasteiger partial charge in [-0.2, -0.15) is 0 Å². The summed E-state index contributed by atoms with van der Waals surface area (Å²) in [7, 11) is 0. The van der Waals surface area contributed by atoms with Crippen molar-refractivity contribution in [3.05, 3.63) is 22.5 Å². The molecule has 0 unspecified atom stereocenters. The lowest BCUT2D eigenvalue weighted by molar-refractivity contribution is 0.651. The summed E-state index contributed by atoms with van der Waals surface area (Å²) in [5.41, 5.74) is 2.97. The van der Waals surface area contributed by atoms with Crippen molar-refractivity contribution in [3.8, 4) is 0 Å². The Morgan fingerprint density at radius 2 is 2.20 bits per heavy atom. The molecule has 0 N–H and O–H groups in total. The Labute approximate surface area is 59.0 Å². The summed E-state index contributed by atoms with van der Waals surface area (Å²) < 4.78 is 12.6. The second-order valence-corrected chi connectivity index (χ2v) is 2.75. The molecule has 0 spiro atoms. The predicted molar refractivity (Wildman–Crippen MR) is 38.8 cm³/mol. The Morgan fingerprint density at radius 1 is 1.50 bits per heavy atom. The van der Waals surface area contributed by atoms with Gasteiger partial charge < -0.3 is 0 Å². The van der Waals surface area contributed by atoms with Crippen LogP contribution in [-0.4, -0.2) is 12.3 Å². The van der Waals surface area contributed by atoms with Gasteiger partial charge in [0.2, 0.25) is 0 Å². The highest BCUT2D eigenvalue weighted by Crippen LogP contribution is 2.43. The summed E-state index contributed by atoms with van der Waals surface area (Å²) in [6.45, 7) is 3.89. The number of dihydropyridines is 1. The van der Waals surface area contributed by atoms with Gasteiger partial charge >= 0.3 is 0 Å². The highest BCUT2D eigenvalue weighted by molar-refractivity contribution is 5.85. The van der Waals surface area contributed by atoms with Crippen LogP contribution in [0.1, 0.15) is 13.8 Å². The van der Waals surface area contributed by atoms with E-state index in [0.717, 1.165) is 16.7 Å². The third-order valence-electron chi connectivity index (χ3n) is 2.10. The summed E-state index contributed by atoms with van der Waals surface area (Å²) in [6.07, 6.45) is 1.75. The standard InChI is InChI=1S/C8H8FN/c1-4-3-10-8-6(5(4)2)7(8)9/h3,8H,1-2H3/t8-/m1/s1. The lowest BCUT2D eigenvalue weighted by Gasteiger charge is -2.03. The molecule has 52 valence electrons. The number of halogens is 1. The molecule has 0 aromatic heterocycles. The van der Waals surface area contributed by atoms with E-state index in [1.807, 2.05) is 13.8 Å². The van der Waals surface area contributed by atoms with Gasteiger partial charge in [-0.1, -0.05) is 0 Å². The molecule has 1 aliphatic heterocycles. The zero-order valence-corrected chi connectivity index (χ0v) is 5.98. The first-order valence-corrected chi connectivity index (χ1v) is 3.32. The molecule has 1 nitrogen and oxygen atoms in total. The quantitative estimate of drug-likeness (QED) is 0.484. The fraction of sp³-hybridized carbons (Fsp3) is 0.375. The van der Waals surface area contributed by atoms with Crippen LogP contribution in [-0.2, 0) is 0 Å². The fourth-order valence-electron chi connectivity index (χ4n) is 1.20. The van der Waals surface area contributed by atoms with Crippen LogP contribution in [0.3, 0.4) is 0 Å². The SMILES string of the molecule is CC1=C(C)C2=C(F)[C@@H]2N=C1. The van der Waals surface area contributed by atoms with Crippen molar-refractivity contribution in [1.29, 1.82) is 0 Å². The first kappa shape index (κ1) is 5.83. The van der Waals surface area contributed by atoms with E-state index in [1.165, 1.54) is 0 Å². The van der Waals surface area contributed by atoms with Crippen LogP contribution in [0.15, 0.2) is 27.5 Å². The topological polar surface area (TPSA) is 12.4 Å². The number of allylic oxidation sites excluding steroid dienone is 1. The average Bonchev–Trinajstić information content (AvgIpc) is 2.54. The number of rotatable bonds is 0. The third-order valence-corrected chi connectivity index (χ3v) is 2.10. The van der Waals surface area contributed by atoms with Gasteiger partial charge in [-0.05, 0) is 25.0 Å². The summed E-state index contributed by atoms with van der Waals surface area (Å²) in [4.78, 5) is 3.98. The maximum Gasteiger partial charge on any atom is 0.135 e. The van der Waals surface area contributed by atoms with Crippen molar-refractivity contribution < 1.29 is 4.39 Å². The minimum Gasteiger partial charge on any atom is -0.277 e. The summed E-state index contributed by atoms with van der Waals surface area (Å²) in [5.74, 6) is -0.0365. The summed E-state index contributed by atoms with van der Waals surface area (Å²) in [6, 6.07) is -0.191. The third kappa shape index (κ3) is 0.537. The first-order chi connectivity index (χ1) is 4.72. The number of hydrogen-bond acceptors (Lipinski definition) is 1. The van der Waals surface area contributed by atoms with Gasteiger partial charge in [0.1, 0.15) is 11.9 Å². The van der Waals surface area contributed by atoms with E-state index in [2.05, 4.69) is 4.99 Å². The molecule has 0 fully saturated rings. The first-order valence-electron chi connectivity index (χ1n) is 3.32. The Morgan fingerprint density at radius 3 is 2.80 bits per heavy atom. The van der Waals surface area contributed by atoms with Crippen molar-refractivity contribution in [1.82, 2.24) is 0 Å². The van der Waals surface area contributed by atoms with Crippen LogP contribution in [0.5, 0.6) is 0 Å². The second-order valence-electron chi connectivity index (χ2n) is 2.75. The Bertz CT molecular complexity index is 284. The molecule has 0 bridgehead atoms. The van der Waals surface area contributed by atoms with Gasteiger partial charge in [-0.25, -0.2) is 4.39 Å². The molecule has 0 saturated heterocycles. The Hall–Kier alpha value is -0.920. The van der Waals surface area contributed by atoms with E-state index in [-0.39, 0.29) is 11.9 Å². The van der Waals surface area contributed by atoms with Crippen molar-refractivity contribution >= 4 is 6.21 Å². The van der Waals surface area contributed by atoms with E-state index in [0.29, 0.717) is 0 Å². The molecule has 0 amide bonds. The van der Waals surface area contributed by atoms with E-state index in [9.17, 15) is 4.39 Å². The fourth-order valence-corrected chi connectivity index (χ4v) is 1.20. The zero-order chi connectivity index (χ0) is 7.30. The molecule has 2 aliphatic rings. The minimum atomic E-state index is -0.191. The number of hydrogen-bond donors (Lipinski definition) is 0. The van der Waals surface area contributed by atoms with Gasteiger partial charge in [0.05, 0.1) is 0 Å². The largest absolute Gasteiger partial charge is 0.277 e. The van der Waals surface area contributed by atoms with Crippen LogP contribution in [0.4, 0.5) is 4.39 Å². The van der Waals surface area contributed by atoms with Crippen LogP contribution in [0.2, 0.25) is 0 Å². The molecule has 0 aromatic rings. The van der Waals surface area contributed by atoms with Gasteiger partial charge in [-0.3, -0.25) is 4.99 Å². The maximum absolute atomic E-state index is 12.6. The van der Waals surface area contributed by atoms with Crippen LogP contribution in [0, 0.1) is 0 Å². The smallest absolute Gasteiger partial charge is 0.135 e. The van der Waals surface area contributed by atoms with Crippen molar-refractivity contribution in [2.75, 3.05) is 0 Å². The normalized spacial score (nSPS) is 29.3. The molecular weight excluding hydrogens is 129 g/mol. The van der Waals surface area contributed by atoms with Crippen molar-refractivity contribution in [2.45, 2.75) is 19.9 Å². The van der Waals surface area contributed by atoms with Crippen LogP contribution < -0.4 is 0 Å². The van der Waals surface area contributed by atoms with E-state index >= 15 is 0 Å². The minimum absolute atomic E-state index is 0.0365. The summed E-state index contributed by atoms with van der Waals surface area (Å²) in [5, 5.41) is 0. The number of fused-ring (bicyclic) bond motifs is 1. The van der Waals surface area contributed by atoms with Crippen molar-refractivity contribution in [2.24, 2.45) is 4.99 Å². The van der Waals surface area contributed by atoms with Crippen LogP contribution >= 0.6 is 0 Å². The van der Waals surface area contributed by atoms with E-state index in [4.69, 9.17) is 0 Å². The number of aliphatic imine (C=N–C) groups is 1. The van der Waals surface area contributed by atoms with Crippen LogP contribution in [0.25, 0.3) is 0 Å². The molecule has 2 heteroatoms. The summed E-state index contributed by atoms with van der Waals surface area (Å²) >= 11 is 0. The van der Waals surface area contributed by atoms with Crippen molar-refractivity contribution in [3.63, 3.8) is 0 Å². The molecule has 2 rings (SSSR count). The molecule has 0 aromatic carbocycles. The molecule has 0 saturated carbocycles. The van der Waals surface area contributed by atoms with Gasteiger partial charge in [0.15, 0.2) is 0 Å². The molecule has 1 aliphatic carbocycles. The Balaban J connectivity index is 2.47. The van der Waals surface area contributed by atoms with E-state index in [1.54, 1.807) is 6.21 Å². The lowest BCUT2D eigenvalue weighted by Crippen LogP contribution is -1.97. The monoisotopic (exact) mass is 137 g/mol. The number of nitrogens with zero attached hydrogens (tertiary/aromatic N) is 1. The average molecular weight is 137 g/mol. The van der Waals surface area contributed by atoms with Gasteiger partial charge in [-0.15, -0.1) is 0 Å².